The molecule has 0 aromatic heterocycles. The van der Waals surface area contributed by atoms with Crippen molar-refractivity contribution >= 4 is 12.4 Å². The first-order chi connectivity index (χ1) is 8.45. The molecular formula is C15H14N2. The molecule has 0 aliphatic carbocycles. The lowest BCUT2D eigenvalue weighted by molar-refractivity contribution is 1.08. The Bertz CT molecular complexity index is 439. The molecule has 0 N–H and O–H groups in total. The molecule has 0 unspecified atom stereocenters. The van der Waals surface area contributed by atoms with Crippen LogP contribution in [0.5, 0.6) is 0 Å². The van der Waals surface area contributed by atoms with Crippen molar-refractivity contribution in [3.8, 4) is 0 Å². The average Bonchev–Trinajstić information content (AvgIpc) is 2.41. The van der Waals surface area contributed by atoms with Gasteiger partial charge in [0.2, 0.25) is 0 Å². The largest absolute Gasteiger partial charge is 0.269 e. The van der Waals surface area contributed by atoms with Crippen molar-refractivity contribution in [2.24, 2.45) is 9.98 Å². The summed E-state index contributed by atoms with van der Waals surface area (Å²) in [6, 6.07) is 20.0. The number of rotatable bonds is 4. The minimum absolute atomic E-state index is 0.462. The zero-order valence-electron chi connectivity index (χ0n) is 9.53. The molecule has 2 heteroatoms. The van der Waals surface area contributed by atoms with Gasteiger partial charge in [0.25, 0.3) is 0 Å². The van der Waals surface area contributed by atoms with Crippen LogP contribution in [-0.4, -0.2) is 19.1 Å². The fraction of sp³-hybridized carbons (Fsp3) is 0.0667. The van der Waals surface area contributed by atoms with Crippen molar-refractivity contribution in [3.05, 3.63) is 71.8 Å². The number of benzene rings is 2. The van der Waals surface area contributed by atoms with Crippen LogP contribution in [0.4, 0.5) is 0 Å². The van der Waals surface area contributed by atoms with Crippen LogP contribution >= 0.6 is 0 Å². The van der Waals surface area contributed by atoms with E-state index in [-0.39, 0.29) is 0 Å². The summed E-state index contributed by atoms with van der Waals surface area (Å²) in [6.07, 6.45) is 3.67. The van der Waals surface area contributed by atoms with E-state index in [1.165, 1.54) is 0 Å². The van der Waals surface area contributed by atoms with Crippen LogP contribution in [0.25, 0.3) is 0 Å². The van der Waals surface area contributed by atoms with Gasteiger partial charge < -0.3 is 0 Å². The molecule has 0 saturated carbocycles. The highest BCUT2D eigenvalue weighted by Gasteiger charge is 1.83. The maximum Gasteiger partial charge on any atom is 0.129 e. The maximum absolute atomic E-state index is 4.23. The summed E-state index contributed by atoms with van der Waals surface area (Å²) in [5.74, 6) is 0. The Balaban J connectivity index is 1.84. The lowest BCUT2D eigenvalue weighted by atomic mass is 10.2. The average molecular weight is 222 g/mol. The molecule has 0 aliphatic rings. The molecule has 2 aromatic carbocycles. The molecule has 2 aromatic rings. The van der Waals surface area contributed by atoms with E-state index in [1.54, 1.807) is 0 Å². The predicted molar refractivity (Wildman–Crippen MR) is 72.9 cm³/mol. The van der Waals surface area contributed by atoms with Crippen molar-refractivity contribution in [1.29, 1.82) is 0 Å². The molecule has 84 valence electrons. The topological polar surface area (TPSA) is 24.7 Å². The van der Waals surface area contributed by atoms with Gasteiger partial charge in [0, 0.05) is 12.4 Å². The van der Waals surface area contributed by atoms with Crippen molar-refractivity contribution < 1.29 is 0 Å². The fourth-order valence-corrected chi connectivity index (χ4v) is 1.42. The highest BCUT2D eigenvalue weighted by atomic mass is 14.9. The molecule has 0 spiro atoms. The number of nitrogens with zero attached hydrogens (tertiary/aromatic N) is 2. The third-order valence-electron chi connectivity index (χ3n) is 2.24. The van der Waals surface area contributed by atoms with E-state index in [0.717, 1.165) is 11.1 Å². The first-order valence-electron chi connectivity index (χ1n) is 5.55. The van der Waals surface area contributed by atoms with E-state index in [1.807, 2.05) is 73.1 Å². The van der Waals surface area contributed by atoms with Crippen LogP contribution in [0.15, 0.2) is 70.6 Å². The second kappa shape index (κ2) is 6.38. The van der Waals surface area contributed by atoms with Gasteiger partial charge in [0.05, 0.1) is 0 Å². The molecule has 0 fully saturated rings. The van der Waals surface area contributed by atoms with Crippen LogP contribution in [-0.2, 0) is 0 Å². The predicted octanol–water partition coefficient (Wildman–Crippen LogP) is 3.18. The molecule has 0 heterocycles. The second-order valence-electron chi connectivity index (χ2n) is 3.59. The van der Waals surface area contributed by atoms with Crippen molar-refractivity contribution in [3.63, 3.8) is 0 Å². The Morgan fingerprint density at radius 1 is 0.647 bits per heavy atom. The smallest absolute Gasteiger partial charge is 0.129 e. The summed E-state index contributed by atoms with van der Waals surface area (Å²) >= 11 is 0. The molecule has 17 heavy (non-hydrogen) atoms. The quantitative estimate of drug-likeness (QED) is 0.710. The van der Waals surface area contributed by atoms with Gasteiger partial charge in [-0.3, -0.25) is 9.98 Å². The molecule has 0 atom stereocenters. The summed E-state index contributed by atoms with van der Waals surface area (Å²) in [4.78, 5) is 8.47. The highest BCUT2D eigenvalue weighted by Crippen LogP contribution is 1.95. The van der Waals surface area contributed by atoms with Crippen LogP contribution in [0.2, 0.25) is 0 Å². The molecule has 0 aliphatic heterocycles. The van der Waals surface area contributed by atoms with Crippen molar-refractivity contribution in [2.75, 3.05) is 6.67 Å². The van der Waals surface area contributed by atoms with Gasteiger partial charge in [-0.2, -0.15) is 0 Å². The minimum Gasteiger partial charge on any atom is -0.269 e. The zero-order chi connectivity index (χ0) is 11.8. The Morgan fingerprint density at radius 3 is 1.47 bits per heavy atom. The zero-order valence-corrected chi connectivity index (χ0v) is 9.53. The van der Waals surface area contributed by atoms with Crippen LogP contribution in [0, 0.1) is 0 Å². The number of aliphatic imine (C=N–C) groups is 2. The summed E-state index contributed by atoms with van der Waals surface area (Å²) in [5.41, 5.74) is 2.20. The Hall–Kier alpha value is -2.22. The third-order valence-corrected chi connectivity index (χ3v) is 2.24. The second-order valence-corrected chi connectivity index (χ2v) is 3.59. The monoisotopic (exact) mass is 222 g/mol. The SMILES string of the molecule is C(=NCN=Cc1ccccc1)c1ccccc1. The van der Waals surface area contributed by atoms with E-state index in [0.29, 0.717) is 6.67 Å². The van der Waals surface area contributed by atoms with E-state index in [2.05, 4.69) is 9.98 Å². The van der Waals surface area contributed by atoms with E-state index < -0.39 is 0 Å². The minimum atomic E-state index is 0.462. The molecule has 2 rings (SSSR count). The van der Waals surface area contributed by atoms with Gasteiger partial charge in [0.15, 0.2) is 0 Å². The molecule has 0 radical (unpaired) electrons. The highest BCUT2D eigenvalue weighted by molar-refractivity contribution is 5.80. The van der Waals surface area contributed by atoms with Gasteiger partial charge in [-0.05, 0) is 11.1 Å². The fourth-order valence-electron chi connectivity index (χ4n) is 1.42. The van der Waals surface area contributed by atoms with E-state index in [4.69, 9.17) is 0 Å². The molecule has 0 saturated heterocycles. The number of hydrogen-bond acceptors (Lipinski definition) is 2. The Labute approximate surface area is 101 Å². The summed E-state index contributed by atoms with van der Waals surface area (Å²) in [5, 5.41) is 0. The summed E-state index contributed by atoms with van der Waals surface area (Å²) < 4.78 is 0. The summed E-state index contributed by atoms with van der Waals surface area (Å²) in [6.45, 7) is 0.462. The molecule has 0 bridgehead atoms. The number of hydrogen-bond donors (Lipinski definition) is 0. The van der Waals surface area contributed by atoms with Crippen LogP contribution in [0.3, 0.4) is 0 Å². The molecule has 2 nitrogen and oxygen atoms in total. The Morgan fingerprint density at radius 2 is 1.06 bits per heavy atom. The third kappa shape index (κ3) is 4.03. The van der Waals surface area contributed by atoms with E-state index in [9.17, 15) is 0 Å². The first-order valence-corrected chi connectivity index (χ1v) is 5.55. The van der Waals surface area contributed by atoms with Crippen molar-refractivity contribution in [2.45, 2.75) is 0 Å². The normalized spacial score (nSPS) is 11.3. The molecular weight excluding hydrogens is 208 g/mol. The van der Waals surface area contributed by atoms with Crippen molar-refractivity contribution in [1.82, 2.24) is 0 Å². The van der Waals surface area contributed by atoms with Gasteiger partial charge >= 0.3 is 0 Å². The Kier molecular flexibility index (Phi) is 4.23. The lowest BCUT2D eigenvalue weighted by Gasteiger charge is -1.91. The molecule has 0 amide bonds. The van der Waals surface area contributed by atoms with Gasteiger partial charge in [0.1, 0.15) is 6.67 Å². The van der Waals surface area contributed by atoms with Gasteiger partial charge in [-0.15, -0.1) is 0 Å². The maximum atomic E-state index is 4.23. The van der Waals surface area contributed by atoms with Gasteiger partial charge in [-0.1, -0.05) is 60.7 Å². The van der Waals surface area contributed by atoms with E-state index >= 15 is 0 Å². The first kappa shape index (κ1) is 11.3. The van der Waals surface area contributed by atoms with Crippen LogP contribution in [0.1, 0.15) is 11.1 Å². The lowest BCUT2D eigenvalue weighted by Crippen LogP contribution is -1.83. The van der Waals surface area contributed by atoms with Crippen LogP contribution < -0.4 is 0 Å². The van der Waals surface area contributed by atoms with Gasteiger partial charge in [-0.25, -0.2) is 0 Å². The standard InChI is InChI=1S/C15H14N2/c1-3-7-14(8-4-1)11-16-13-17-12-15-9-5-2-6-10-15/h1-12H,13H2. The summed E-state index contributed by atoms with van der Waals surface area (Å²) in [7, 11) is 0.